The summed E-state index contributed by atoms with van der Waals surface area (Å²) in [5.41, 5.74) is 0. The number of carboxylic acid groups (broad SMARTS) is 1. The topological polar surface area (TPSA) is 66.4 Å². The van der Waals surface area contributed by atoms with Crippen LogP contribution >= 0.6 is 11.8 Å². The molecule has 0 saturated carbocycles. The van der Waals surface area contributed by atoms with Gasteiger partial charge in [-0.05, 0) is 0 Å². The van der Waals surface area contributed by atoms with Gasteiger partial charge in [0.15, 0.2) is 6.04 Å². The lowest BCUT2D eigenvalue weighted by atomic mass is 10.3. The zero-order valence-corrected chi connectivity index (χ0v) is 5.98. The summed E-state index contributed by atoms with van der Waals surface area (Å²) in [6.07, 6.45) is 0. The van der Waals surface area contributed by atoms with Gasteiger partial charge in [-0.3, -0.25) is 10.1 Å². The monoisotopic (exact) mass is 161 g/mol. The average Bonchev–Trinajstić information content (AvgIpc) is 1.88. The highest BCUT2D eigenvalue weighted by Gasteiger charge is 2.28. The second kappa shape index (κ2) is 3.03. The third-order valence-electron chi connectivity index (χ3n) is 1.18. The Morgan fingerprint density at radius 2 is 2.50 bits per heavy atom. The number of hydrogen-bond donors (Lipinski definition) is 2. The first kappa shape index (κ1) is 7.56. The van der Waals surface area contributed by atoms with Gasteiger partial charge in [0.25, 0.3) is 0 Å². The smallest absolute Gasteiger partial charge is 0.329 e. The van der Waals surface area contributed by atoms with Crippen LogP contribution in [-0.2, 0) is 9.59 Å². The van der Waals surface area contributed by atoms with Crippen LogP contribution in [0, 0.1) is 0 Å². The lowest BCUT2D eigenvalue weighted by Crippen LogP contribution is -2.46. The highest BCUT2D eigenvalue weighted by molar-refractivity contribution is 8.13. The number of thioether (sulfide) groups is 1. The van der Waals surface area contributed by atoms with Crippen LogP contribution in [0.25, 0.3) is 0 Å². The summed E-state index contributed by atoms with van der Waals surface area (Å²) in [5.74, 6) is -0.417. The fourth-order valence-corrected chi connectivity index (χ4v) is 1.48. The molecule has 56 valence electrons. The van der Waals surface area contributed by atoms with E-state index in [0.717, 1.165) is 11.8 Å². The van der Waals surface area contributed by atoms with Gasteiger partial charge in [-0.1, -0.05) is 11.8 Å². The van der Waals surface area contributed by atoms with Gasteiger partial charge in [0.2, 0.25) is 5.12 Å². The summed E-state index contributed by atoms with van der Waals surface area (Å²) in [7, 11) is 0. The third-order valence-corrected chi connectivity index (χ3v) is 2.11. The van der Waals surface area contributed by atoms with Gasteiger partial charge in [0, 0.05) is 12.3 Å². The third kappa shape index (κ3) is 1.48. The molecule has 1 atom stereocenters. The molecule has 4 nitrogen and oxygen atoms in total. The first-order valence-corrected chi connectivity index (χ1v) is 3.83. The van der Waals surface area contributed by atoms with E-state index in [0.29, 0.717) is 12.3 Å². The van der Waals surface area contributed by atoms with Gasteiger partial charge < -0.3 is 5.11 Å². The molecule has 1 unspecified atom stereocenters. The molecule has 1 saturated heterocycles. The van der Waals surface area contributed by atoms with Crippen molar-refractivity contribution in [1.29, 1.82) is 0 Å². The van der Waals surface area contributed by atoms with Crippen LogP contribution in [0.2, 0.25) is 0 Å². The Morgan fingerprint density at radius 3 is 2.90 bits per heavy atom. The number of aliphatic carboxylic acids is 1. The minimum Gasteiger partial charge on any atom is -0.480 e. The van der Waals surface area contributed by atoms with Crippen molar-refractivity contribution in [1.82, 2.24) is 5.32 Å². The van der Waals surface area contributed by atoms with Gasteiger partial charge in [-0.15, -0.1) is 0 Å². The second-order valence-electron chi connectivity index (χ2n) is 1.89. The zero-order valence-electron chi connectivity index (χ0n) is 5.16. The SMILES string of the molecule is O=C(O)C1NCCSC1=O. The van der Waals surface area contributed by atoms with Gasteiger partial charge >= 0.3 is 5.97 Å². The molecule has 1 rings (SSSR count). The number of carbonyl (C=O) groups is 2. The molecule has 1 aliphatic rings. The Kier molecular flexibility index (Phi) is 2.29. The van der Waals surface area contributed by atoms with Crippen LogP contribution in [0.15, 0.2) is 0 Å². The molecule has 0 radical (unpaired) electrons. The van der Waals surface area contributed by atoms with E-state index in [1.54, 1.807) is 0 Å². The molecule has 1 heterocycles. The minimum absolute atomic E-state index is 0.293. The summed E-state index contributed by atoms with van der Waals surface area (Å²) in [6, 6.07) is -0.987. The molecule has 1 fully saturated rings. The van der Waals surface area contributed by atoms with E-state index in [4.69, 9.17) is 5.11 Å². The molecule has 0 spiro atoms. The van der Waals surface area contributed by atoms with Crippen LogP contribution in [0.5, 0.6) is 0 Å². The number of rotatable bonds is 1. The molecule has 0 bridgehead atoms. The van der Waals surface area contributed by atoms with E-state index >= 15 is 0 Å². The first-order valence-electron chi connectivity index (χ1n) is 2.84. The van der Waals surface area contributed by atoms with Crippen molar-refractivity contribution in [3.05, 3.63) is 0 Å². The van der Waals surface area contributed by atoms with Gasteiger partial charge in [-0.25, -0.2) is 4.79 Å². The maximum absolute atomic E-state index is 10.8. The van der Waals surface area contributed by atoms with Crippen molar-refractivity contribution in [3.63, 3.8) is 0 Å². The molecular formula is C5H7NO3S. The van der Waals surface area contributed by atoms with Crippen LogP contribution in [0.1, 0.15) is 0 Å². The average molecular weight is 161 g/mol. The predicted octanol–water partition coefficient (Wildman–Crippen LogP) is -0.697. The molecule has 2 N–H and O–H groups in total. The zero-order chi connectivity index (χ0) is 7.56. The quantitative estimate of drug-likeness (QED) is 0.498. The van der Waals surface area contributed by atoms with Crippen LogP contribution in [0.3, 0.4) is 0 Å². The predicted molar refractivity (Wildman–Crippen MR) is 36.9 cm³/mol. The molecule has 0 aromatic heterocycles. The highest BCUT2D eigenvalue weighted by atomic mass is 32.2. The van der Waals surface area contributed by atoms with Crippen molar-refractivity contribution in [2.75, 3.05) is 12.3 Å². The number of carboxylic acids is 1. The normalized spacial score (nSPS) is 26.4. The van der Waals surface area contributed by atoms with Gasteiger partial charge in [-0.2, -0.15) is 0 Å². The highest BCUT2D eigenvalue weighted by Crippen LogP contribution is 2.09. The molecule has 1 aliphatic heterocycles. The van der Waals surface area contributed by atoms with E-state index in [2.05, 4.69) is 5.32 Å². The fraction of sp³-hybridized carbons (Fsp3) is 0.600. The maximum Gasteiger partial charge on any atom is 0.329 e. The Balaban J connectivity index is 2.56. The Hall–Kier alpha value is -0.550. The lowest BCUT2D eigenvalue weighted by Gasteiger charge is -2.16. The van der Waals surface area contributed by atoms with Crippen molar-refractivity contribution in [2.45, 2.75) is 6.04 Å². The summed E-state index contributed by atoms with van der Waals surface area (Å²) >= 11 is 1.07. The molecule has 0 aromatic rings. The lowest BCUT2D eigenvalue weighted by molar-refractivity contribution is -0.141. The first-order chi connectivity index (χ1) is 4.72. The summed E-state index contributed by atoms with van der Waals surface area (Å²) in [4.78, 5) is 21.0. The fourth-order valence-electron chi connectivity index (χ4n) is 0.710. The molecule has 0 aromatic carbocycles. The summed E-state index contributed by atoms with van der Waals surface area (Å²) in [5, 5.41) is 10.7. The van der Waals surface area contributed by atoms with Crippen LogP contribution in [-0.4, -0.2) is 34.5 Å². The van der Waals surface area contributed by atoms with Crippen molar-refractivity contribution >= 4 is 22.8 Å². The molecule has 5 heteroatoms. The van der Waals surface area contributed by atoms with Crippen LogP contribution in [0.4, 0.5) is 0 Å². The second-order valence-corrected chi connectivity index (χ2v) is 2.99. The standard InChI is InChI=1S/C5H7NO3S/c7-4(8)3-5(9)10-2-1-6-3/h3,6H,1-2H2,(H,7,8). The molecule has 0 amide bonds. The van der Waals surface area contributed by atoms with Gasteiger partial charge in [0.1, 0.15) is 0 Å². The number of hydrogen-bond acceptors (Lipinski definition) is 4. The van der Waals surface area contributed by atoms with E-state index in [1.807, 2.05) is 0 Å². The molecular weight excluding hydrogens is 154 g/mol. The molecule has 10 heavy (non-hydrogen) atoms. The Labute approximate surface area is 62.0 Å². The van der Waals surface area contributed by atoms with Crippen molar-refractivity contribution < 1.29 is 14.7 Å². The van der Waals surface area contributed by atoms with Gasteiger partial charge in [0.05, 0.1) is 0 Å². The Morgan fingerprint density at radius 1 is 1.80 bits per heavy atom. The van der Waals surface area contributed by atoms with E-state index in [-0.39, 0.29) is 5.12 Å². The minimum atomic E-state index is -1.09. The summed E-state index contributed by atoms with van der Waals surface area (Å²) < 4.78 is 0. The number of carbonyl (C=O) groups excluding carboxylic acids is 1. The van der Waals surface area contributed by atoms with Crippen molar-refractivity contribution in [3.8, 4) is 0 Å². The van der Waals surface area contributed by atoms with E-state index in [9.17, 15) is 9.59 Å². The summed E-state index contributed by atoms with van der Waals surface area (Å²) in [6.45, 7) is 0.591. The van der Waals surface area contributed by atoms with Crippen LogP contribution < -0.4 is 5.32 Å². The maximum atomic E-state index is 10.8. The van der Waals surface area contributed by atoms with E-state index < -0.39 is 12.0 Å². The Bertz CT molecular complexity index is 170. The largest absolute Gasteiger partial charge is 0.480 e. The van der Waals surface area contributed by atoms with E-state index in [1.165, 1.54) is 0 Å². The molecule has 0 aliphatic carbocycles. The van der Waals surface area contributed by atoms with Crippen molar-refractivity contribution in [2.24, 2.45) is 0 Å². The number of nitrogens with one attached hydrogen (secondary N) is 1.